The van der Waals surface area contributed by atoms with Crippen LogP contribution >= 0.6 is 0 Å². The maximum Gasteiger partial charge on any atom is 0.427 e. The van der Waals surface area contributed by atoms with Gasteiger partial charge in [-0.15, -0.1) is 0 Å². The van der Waals surface area contributed by atoms with Crippen LogP contribution in [0.15, 0.2) is 29.1 Å². The van der Waals surface area contributed by atoms with E-state index in [2.05, 4.69) is 10.4 Å². The summed E-state index contributed by atoms with van der Waals surface area (Å²) in [4.78, 5) is 27.6. The molecule has 1 aliphatic heterocycles. The molecule has 0 saturated carbocycles. The summed E-state index contributed by atoms with van der Waals surface area (Å²) in [6, 6.07) is 6.98. The van der Waals surface area contributed by atoms with Gasteiger partial charge in [-0.2, -0.15) is 4.68 Å². The molecule has 6 heteroatoms. The number of aromatic nitrogens is 2. The molecule has 0 fully saturated rings. The summed E-state index contributed by atoms with van der Waals surface area (Å²) in [6.45, 7) is 1.67. The van der Waals surface area contributed by atoms with E-state index in [-0.39, 0.29) is 5.56 Å². The van der Waals surface area contributed by atoms with Crippen molar-refractivity contribution in [1.82, 2.24) is 9.66 Å². The Hall–Kier alpha value is -2.37. The molecule has 86 valence electrons. The van der Waals surface area contributed by atoms with Gasteiger partial charge in [-0.3, -0.25) is 4.79 Å². The van der Waals surface area contributed by atoms with Crippen molar-refractivity contribution < 1.29 is 9.53 Å². The molecule has 0 radical (unpaired) electrons. The van der Waals surface area contributed by atoms with E-state index in [1.54, 1.807) is 31.2 Å². The molecule has 1 aliphatic rings. The smallest absolute Gasteiger partial charge is 0.427 e. The first kappa shape index (κ1) is 9.83. The third-order valence-electron chi connectivity index (χ3n) is 2.65. The molecule has 1 atom stereocenters. The normalized spacial score (nSPS) is 18.4. The zero-order valence-electron chi connectivity index (χ0n) is 9.01. The Morgan fingerprint density at radius 3 is 2.94 bits per heavy atom. The average Bonchev–Trinajstić information content (AvgIpc) is 2.31. The van der Waals surface area contributed by atoms with Crippen molar-refractivity contribution in [2.75, 3.05) is 5.43 Å². The summed E-state index contributed by atoms with van der Waals surface area (Å²) in [6.07, 6.45) is -1.19. The number of carbonyl (C=O) groups excluding carboxylic acids is 1. The molecule has 2 heterocycles. The molecule has 0 aliphatic carbocycles. The van der Waals surface area contributed by atoms with E-state index < -0.39 is 12.2 Å². The summed E-state index contributed by atoms with van der Waals surface area (Å²) < 4.78 is 6.08. The van der Waals surface area contributed by atoms with Crippen LogP contribution in [0.3, 0.4) is 0 Å². The van der Waals surface area contributed by atoms with E-state index in [0.29, 0.717) is 16.7 Å². The summed E-state index contributed by atoms with van der Waals surface area (Å²) in [5, 5.41) is 0.464. The van der Waals surface area contributed by atoms with E-state index in [0.717, 1.165) is 4.68 Å². The van der Waals surface area contributed by atoms with E-state index in [1.807, 2.05) is 0 Å². The number of ether oxygens (including phenoxy) is 1. The predicted molar refractivity (Wildman–Crippen MR) is 60.3 cm³/mol. The van der Waals surface area contributed by atoms with Crippen LogP contribution < -0.4 is 11.0 Å². The fraction of sp³-hybridized carbons (Fsp3) is 0.182. The molecule has 1 aromatic carbocycles. The number of amides is 1. The molecule has 1 N–H and O–H groups in total. The van der Waals surface area contributed by atoms with Crippen LogP contribution in [-0.2, 0) is 4.74 Å². The number of nitrogens with one attached hydrogen (secondary N) is 1. The Bertz CT molecular complexity index is 677. The predicted octanol–water partition coefficient (Wildman–Crippen LogP) is 1.15. The zero-order chi connectivity index (χ0) is 12.0. The summed E-state index contributed by atoms with van der Waals surface area (Å²) >= 11 is 0. The number of nitrogens with zero attached hydrogens (tertiary/aromatic N) is 2. The van der Waals surface area contributed by atoms with Gasteiger partial charge in [0.1, 0.15) is 0 Å². The number of para-hydroxylation sites is 1. The van der Waals surface area contributed by atoms with Gasteiger partial charge < -0.3 is 4.74 Å². The number of benzene rings is 1. The fourth-order valence-corrected chi connectivity index (χ4v) is 1.86. The minimum Gasteiger partial charge on any atom is -0.437 e. The third kappa shape index (κ3) is 1.37. The first-order chi connectivity index (χ1) is 8.16. The summed E-state index contributed by atoms with van der Waals surface area (Å²) in [7, 11) is 0. The Morgan fingerprint density at radius 2 is 2.12 bits per heavy atom. The van der Waals surface area contributed by atoms with Gasteiger partial charge in [-0.25, -0.2) is 15.2 Å². The maximum atomic E-state index is 12.1. The number of hydrogen-bond donors (Lipinski definition) is 1. The van der Waals surface area contributed by atoms with Gasteiger partial charge >= 0.3 is 6.09 Å². The second-order valence-corrected chi connectivity index (χ2v) is 3.79. The highest BCUT2D eigenvalue weighted by atomic mass is 16.6. The molecule has 3 rings (SSSR count). The lowest BCUT2D eigenvalue weighted by atomic mass is 10.2. The molecule has 1 aromatic heterocycles. The number of cyclic esters (lactones) is 1. The van der Waals surface area contributed by atoms with Crippen LogP contribution in [-0.4, -0.2) is 15.8 Å². The number of hydrogen-bond acceptors (Lipinski definition) is 4. The quantitative estimate of drug-likeness (QED) is 0.738. The first-order valence-corrected chi connectivity index (χ1v) is 5.16. The molecule has 1 unspecified atom stereocenters. The Morgan fingerprint density at radius 1 is 1.35 bits per heavy atom. The van der Waals surface area contributed by atoms with Gasteiger partial charge in [0.15, 0.2) is 11.9 Å². The number of carbonyl (C=O) groups is 1. The number of fused-ring (bicyclic) bond motifs is 2. The van der Waals surface area contributed by atoms with Crippen molar-refractivity contribution in [1.29, 1.82) is 0 Å². The lowest BCUT2D eigenvalue weighted by Gasteiger charge is -2.23. The Balaban J connectivity index is 2.39. The Kier molecular flexibility index (Phi) is 1.91. The highest BCUT2D eigenvalue weighted by molar-refractivity contribution is 5.80. The van der Waals surface area contributed by atoms with Crippen molar-refractivity contribution in [3.8, 4) is 0 Å². The molecule has 17 heavy (non-hydrogen) atoms. The van der Waals surface area contributed by atoms with Crippen molar-refractivity contribution in [3.05, 3.63) is 40.4 Å². The van der Waals surface area contributed by atoms with Gasteiger partial charge in [0.05, 0.1) is 10.9 Å². The third-order valence-corrected chi connectivity index (χ3v) is 2.65. The fourth-order valence-electron chi connectivity index (χ4n) is 1.86. The highest BCUT2D eigenvalue weighted by Gasteiger charge is 2.25. The topological polar surface area (TPSA) is 73.2 Å². The van der Waals surface area contributed by atoms with Gasteiger partial charge in [0, 0.05) is 0 Å². The zero-order valence-corrected chi connectivity index (χ0v) is 9.01. The molecular weight excluding hydrogens is 222 g/mol. The lowest BCUT2D eigenvalue weighted by Crippen LogP contribution is -2.42. The maximum absolute atomic E-state index is 12.1. The molecule has 2 aromatic rings. The molecular formula is C11H9N3O3. The van der Waals surface area contributed by atoms with E-state index in [4.69, 9.17) is 4.74 Å². The van der Waals surface area contributed by atoms with Gasteiger partial charge in [-0.05, 0) is 19.1 Å². The molecule has 0 saturated heterocycles. The molecule has 0 bridgehead atoms. The van der Waals surface area contributed by atoms with Gasteiger partial charge in [0.2, 0.25) is 0 Å². The Labute approximate surface area is 95.8 Å². The molecule has 6 nitrogen and oxygen atoms in total. The van der Waals surface area contributed by atoms with E-state index in [1.165, 1.54) is 0 Å². The van der Waals surface area contributed by atoms with Crippen LogP contribution in [0.2, 0.25) is 0 Å². The summed E-state index contributed by atoms with van der Waals surface area (Å²) in [5.41, 5.74) is 2.63. The summed E-state index contributed by atoms with van der Waals surface area (Å²) in [5.74, 6) is 0.397. The first-order valence-electron chi connectivity index (χ1n) is 5.16. The van der Waals surface area contributed by atoms with Crippen LogP contribution in [0, 0.1) is 0 Å². The van der Waals surface area contributed by atoms with Crippen molar-refractivity contribution in [3.63, 3.8) is 0 Å². The highest BCUT2D eigenvalue weighted by Crippen LogP contribution is 2.19. The number of rotatable bonds is 0. The van der Waals surface area contributed by atoms with E-state index in [9.17, 15) is 9.59 Å². The standard InChI is InChI=1S/C11H9N3O3/c1-6-9-12-8-5-3-2-4-7(8)10(15)14(9)13-11(16)17-6/h2-6H,1H3,(H,13,16). The van der Waals surface area contributed by atoms with Crippen LogP contribution in [0.4, 0.5) is 4.79 Å². The molecule has 0 spiro atoms. The SMILES string of the molecule is CC1OC(=O)Nn2c1nc1ccccc1c2=O. The van der Waals surface area contributed by atoms with Crippen LogP contribution in [0.5, 0.6) is 0 Å². The van der Waals surface area contributed by atoms with Gasteiger partial charge in [0.25, 0.3) is 5.56 Å². The monoisotopic (exact) mass is 231 g/mol. The molecule has 1 amide bonds. The second kappa shape index (κ2) is 3.31. The minimum atomic E-state index is -0.649. The second-order valence-electron chi connectivity index (χ2n) is 3.79. The van der Waals surface area contributed by atoms with E-state index >= 15 is 0 Å². The van der Waals surface area contributed by atoms with Crippen molar-refractivity contribution in [2.45, 2.75) is 13.0 Å². The minimum absolute atomic E-state index is 0.297. The largest absolute Gasteiger partial charge is 0.437 e. The van der Waals surface area contributed by atoms with Crippen LogP contribution in [0.1, 0.15) is 18.9 Å². The van der Waals surface area contributed by atoms with Gasteiger partial charge in [-0.1, -0.05) is 12.1 Å². The van der Waals surface area contributed by atoms with Crippen LogP contribution in [0.25, 0.3) is 10.9 Å². The van der Waals surface area contributed by atoms with Crippen molar-refractivity contribution >= 4 is 17.0 Å². The van der Waals surface area contributed by atoms with Crippen molar-refractivity contribution in [2.24, 2.45) is 0 Å². The average molecular weight is 231 g/mol. The lowest BCUT2D eigenvalue weighted by molar-refractivity contribution is 0.0989.